The lowest BCUT2D eigenvalue weighted by molar-refractivity contribution is 0.00683. The average Bonchev–Trinajstić information content (AvgIpc) is 2.32. The van der Waals surface area contributed by atoms with Crippen molar-refractivity contribution in [3.8, 4) is 0 Å². The fourth-order valence-electron chi connectivity index (χ4n) is 1.39. The molecule has 1 atom stereocenters. The summed E-state index contributed by atoms with van der Waals surface area (Å²) < 4.78 is 5.28. The zero-order valence-electron chi connectivity index (χ0n) is 9.07. The van der Waals surface area contributed by atoms with Crippen molar-refractivity contribution in [1.82, 2.24) is 4.90 Å². The Bertz CT molecular complexity index is 273. The van der Waals surface area contributed by atoms with Crippen molar-refractivity contribution >= 4 is 11.9 Å². The lowest BCUT2D eigenvalue weighted by Gasteiger charge is -2.29. The van der Waals surface area contributed by atoms with Crippen LogP contribution >= 0.6 is 0 Å². The van der Waals surface area contributed by atoms with Crippen molar-refractivity contribution in [2.45, 2.75) is 31.9 Å². The van der Waals surface area contributed by atoms with Crippen LogP contribution < -0.4 is 5.73 Å². The summed E-state index contributed by atoms with van der Waals surface area (Å²) in [6.07, 6.45) is 0.654. The SMILES string of the molecule is COC(C)(C)CC1C(N)=NC(=O)N1C. The molecule has 0 aliphatic carbocycles. The molecular weight excluding hydrogens is 182 g/mol. The molecule has 1 heterocycles. The summed E-state index contributed by atoms with van der Waals surface area (Å²) in [7, 11) is 3.34. The lowest BCUT2D eigenvalue weighted by Crippen LogP contribution is -2.43. The lowest BCUT2D eigenvalue weighted by atomic mass is 9.98. The van der Waals surface area contributed by atoms with Gasteiger partial charge in [0, 0.05) is 20.6 Å². The van der Waals surface area contributed by atoms with E-state index in [4.69, 9.17) is 10.5 Å². The zero-order chi connectivity index (χ0) is 10.9. The van der Waals surface area contributed by atoms with Crippen LogP contribution in [0.15, 0.2) is 4.99 Å². The number of amides is 2. The first kappa shape index (κ1) is 11.0. The smallest absolute Gasteiger partial charge is 0.345 e. The molecule has 5 heteroatoms. The van der Waals surface area contributed by atoms with Gasteiger partial charge in [-0.15, -0.1) is 0 Å². The molecule has 0 fully saturated rings. The summed E-state index contributed by atoms with van der Waals surface area (Å²) in [6.45, 7) is 3.91. The number of hydrogen-bond acceptors (Lipinski definition) is 3. The van der Waals surface area contributed by atoms with Crippen LogP contribution in [-0.2, 0) is 4.74 Å². The summed E-state index contributed by atoms with van der Waals surface area (Å²) in [5.74, 6) is 0.377. The van der Waals surface area contributed by atoms with Crippen LogP contribution in [-0.4, -0.2) is 42.6 Å². The number of urea groups is 1. The van der Waals surface area contributed by atoms with Crippen LogP contribution in [0.1, 0.15) is 20.3 Å². The fraction of sp³-hybridized carbons (Fsp3) is 0.778. The van der Waals surface area contributed by atoms with E-state index in [-0.39, 0.29) is 17.7 Å². The van der Waals surface area contributed by atoms with Gasteiger partial charge in [0.25, 0.3) is 0 Å². The van der Waals surface area contributed by atoms with Gasteiger partial charge in [-0.05, 0) is 13.8 Å². The maximum atomic E-state index is 11.2. The van der Waals surface area contributed by atoms with Crippen molar-refractivity contribution in [3.05, 3.63) is 0 Å². The van der Waals surface area contributed by atoms with E-state index in [1.807, 2.05) is 13.8 Å². The largest absolute Gasteiger partial charge is 0.385 e. The molecule has 0 aromatic carbocycles. The standard InChI is InChI=1S/C9H17N3O2/c1-9(2,14-4)5-6-7(10)11-8(13)12(6)3/h6H,5H2,1-4H3,(H2,10,11,13). The highest BCUT2D eigenvalue weighted by Crippen LogP contribution is 2.21. The minimum absolute atomic E-state index is 0.141. The van der Waals surface area contributed by atoms with Crippen molar-refractivity contribution in [2.24, 2.45) is 10.7 Å². The molecule has 1 aliphatic rings. The highest BCUT2D eigenvalue weighted by atomic mass is 16.5. The molecule has 0 aromatic rings. The zero-order valence-corrected chi connectivity index (χ0v) is 9.07. The predicted octanol–water partition coefficient (Wildman–Crippen LogP) is 0.593. The molecule has 0 bridgehead atoms. The van der Waals surface area contributed by atoms with Crippen LogP contribution in [0.25, 0.3) is 0 Å². The third kappa shape index (κ3) is 2.04. The second-order valence-electron chi connectivity index (χ2n) is 4.11. The van der Waals surface area contributed by atoms with E-state index < -0.39 is 0 Å². The molecule has 0 saturated heterocycles. The number of likely N-dealkylation sites (N-methyl/N-ethyl adjacent to an activating group) is 1. The molecule has 14 heavy (non-hydrogen) atoms. The molecular formula is C9H17N3O2. The highest BCUT2D eigenvalue weighted by molar-refractivity contribution is 6.02. The van der Waals surface area contributed by atoms with Crippen LogP contribution in [0.5, 0.6) is 0 Å². The van der Waals surface area contributed by atoms with E-state index in [0.29, 0.717) is 12.3 Å². The molecule has 2 amide bonds. The van der Waals surface area contributed by atoms with E-state index in [0.717, 1.165) is 0 Å². The predicted molar refractivity (Wildman–Crippen MR) is 54.3 cm³/mol. The number of carbonyl (C=O) groups is 1. The first-order valence-electron chi connectivity index (χ1n) is 4.53. The number of nitrogens with zero attached hydrogens (tertiary/aromatic N) is 2. The van der Waals surface area contributed by atoms with Crippen molar-refractivity contribution < 1.29 is 9.53 Å². The maximum Gasteiger partial charge on any atom is 0.345 e. The van der Waals surface area contributed by atoms with Crippen molar-refractivity contribution in [3.63, 3.8) is 0 Å². The van der Waals surface area contributed by atoms with Gasteiger partial charge >= 0.3 is 6.03 Å². The number of aliphatic imine (C=N–C) groups is 1. The molecule has 1 aliphatic heterocycles. The maximum absolute atomic E-state index is 11.2. The average molecular weight is 199 g/mol. The quantitative estimate of drug-likeness (QED) is 0.723. The van der Waals surface area contributed by atoms with Crippen LogP contribution in [0.2, 0.25) is 0 Å². The molecule has 1 rings (SSSR count). The molecule has 2 N–H and O–H groups in total. The monoisotopic (exact) mass is 199 g/mol. The summed E-state index contributed by atoms with van der Waals surface area (Å²) in [5, 5.41) is 0. The summed E-state index contributed by atoms with van der Waals surface area (Å²) in [5.41, 5.74) is 5.35. The minimum atomic E-state index is -0.302. The van der Waals surface area contributed by atoms with Gasteiger partial charge in [0.2, 0.25) is 0 Å². The summed E-state index contributed by atoms with van der Waals surface area (Å²) >= 11 is 0. The molecule has 1 unspecified atom stereocenters. The van der Waals surface area contributed by atoms with Crippen LogP contribution in [0, 0.1) is 0 Å². The van der Waals surface area contributed by atoms with Gasteiger partial charge in [0.15, 0.2) is 0 Å². The Morgan fingerprint density at radius 3 is 2.57 bits per heavy atom. The Balaban J connectivity index is 2.71. The van der Waals surface area contributed by atoms with Crippen molar-refractivity contribution in [2.75, 3.05) is 14.2 Å². The van der Waals surface area contributed by atoms with Gasteiger partial charge in [0.1, 0.15) is 5.84 Å². The first-order chi connectivity index (χ1) is 6.37. The molecule has 5 nitrogen and oxygen atoms in total. The van der Waals surface area contributed by atoms with Crippen molar-refractivity contribution in [1.29, 1.82) is 0 Å². The van der Waals surface area contributed by atoms with Crippen LogP contribution in [0.3, 0.4) is 0 Å². The second-order valence-corrected chi connectivity index (χ2v) is 4.11. The summed E-state index contributed by atoms with van der Waals surface area (Å²) in [6, 6.07) is -0.420. The van der Waals surface area contributed by atoms with Gasteiger partial charge in [-0.2, -0.15) is 4.99 Å². The number of nitrogens with two attached hydrogens (primary N) is 1. The van der Waals surface area contributed by atoms with Gasteiger partial charge in [-0.3, -0.25) is 0 Å². The molecule has 80 valence electrons. The van der Waals surface area contributed by atoms with Crippen LogP contribution in [0.4, 0.5) is 4.79 Å². The molecule has 0 saturated carbocycles. The number of hydrogen-bond donors (Lipinski definition) is 1. The van der Waals surface area contributed by atoms with E-state index in [1.54, 1.807) is 14.2 Å². The number of ether oxygens (including phenoxy) is 1. The number of carbonyl (C=O) groups excluding carboxylic acids is 1. The van der Waals surface area contributed by atoms with E-state index in [9.17, 15) is 4.79 Å². The summed E-state index contributed by atoms with van der Waals surface area (Å²) in [4.78, 5) is 16.4. The normalized spacial score (nSPS) is 22.9. The Hall–Kier alpha value is -1.10. The van der Waals surface area contributed by atoms with Gasteiger partial charge in [-0.1, -0.05) is 0 Å². The van der Waals surface area contributed by atoms with E-state index >= 15 is 0 Å². The highest BCUT2D eigenvalue weighted by Gasteiger charge is 2.34. The number of amidine groups is 1. The third-order valence-corrected chi connectivity index (χ3v) is 2.57. The van der Waals surface area contributed by atoms with Gasteiger partial charge in [-0.25, -0.2) is 4.79 Å². The molecule has 0 spiro atoms. The number of methoxy groups -OCH3 is 1. The number of rotatable bonds is 3. The van der Waals surface area contributed by atoms with Gasteiger partial charge in [0.05, 0.1) is 11.6 Å². The fourth-order valence-corrected chi connectivity index (χ4v) is 1.39. The first-order valence-corrected chi connectivity index (χ1v) is 4.53. The third-order valence-electron chi connectivity index (χ3n) is 2.57. The Morgan fingerprint density at radius 2 is 2.21 bits per heavy atom. The molecule has 0 aromatic heterocycles. The van der Waals surface area contributed by atoms with E-state index in [2.05, 4.69) is 4.99 Å². The Kier molecular flexibility index (Phi) is 2.80. The Morgan fingerprint density at radius 1 is 1.64 bits per heavy atom. The topological polar surface area (TPSA) is 67.9 Å². The Labute approximate surface area is 83.9 Å². The second kappa shape index (κ2) is 3.57. The van der Waals surface area contributed by atoms with Gasteiger partial charge < -0.3 is 15.4 Å². The molecule has 0 radical (unpaired) electrons. The van der Waals surface area contributed by atoms with E-state index in [1.165, 1.54) is 4.90 Å². The minimum Gasteiger partial charge on any atom is -0.385 e.